The second-order valence-electron chi connectivity index (χ2n) is 8.70. The second kappa shape index (κ2) is 10.7. The molecule has 8 heteroatoms. The maximum absolute atomic E-state index is 13.8. The molecule has 0 bridgehead atoms. The van der Waals surface area contributed by atoms with Gasteiger partial charge in [-0.25, -0.2) is 14.4 Å². The number of rotatable bonds is 6. The Balaban J connectivity index is 1.56. The summed E-state index contributed by atoms with van der Waals surface area (Å²) in [5.74, 6) is 2.40. The van der Waals surface area contributed by atoms with Crippen LogP contribution in [-0.4, -0.2) is 61.2 Å². The molecule has 1 fully saturated rings. The van der Waals surface area contributed by atoms with Gasteiger partial charge in [-0.1, -0.05) is 12.1 Å². The topological polar surface area (TPSA) is 67.8 Å². The number of hydrogen-bond acceptors (Lipinski definition) is 6. The van der Waals surface area contributed by atoms with Crippen molar-refractivity contribution < 1.29 is 18.7 Å². The van der Waals surface area contributed by atoms with Crippen molar-refractivity contribution in [2.24, 2.45) is 0 Å². The van der Waals surface area contributed by atoms with Crippen LogP contribution in [0.1, 0.15) is 39.4 Å². The first-order valence-corrected chi connectivity index (χ1v) is 11.7. The SMILES string of the molecule is COc1cc(OC)cc(C(=O)N2CCCN(c3nc(C)nc(C)c3Cc3cccc(F)c3)CC2)c1. The number of amides is 1. The number of carbonyl (C=O) groups excluding carboxylic acids is 1. The molecule has 0 spiro atoms. The number of benzene rings is 2. The van der Waals surface area contributed by atoms with E-state index < -0.39 is 0 Å². The van der Waals surface area contributed by atoms with Crippen molar-refractivity contribution in [2.75, 3.05) is 45.3 Å². The molecule has 1 aliphatic rings. The molecule has 184 valence electrons. The number of aromatic nitrogens is 2. The highest BCUT2D eigenvalue weighted by molar-refractivity contribution is 5.95. The minimum Gasteiger partial charge on any atom is -0.497 e. The van der Waals surface area contributed by atoms with Crippen LogP contribution in [-0.2, 0) is 6.42 Å². The molecule has 0 aliphatic carbocycles. The first-order valence-electron chi connectivity index (χ1n) is 11.7. The predicted molar refractivity (Wildman–Crippen MR) is 133 cm³/mol. The summed E-state index contributed by atoms with van der Waals surface area (Å²) in [5, 5.41) is 0. The van der Waals surface area contributed by atoms with Gasteiger partial charge in [-0.2, -0.15) is 0 Å². The lowest BCUT2D eigenvalue weighted by molar-refractivity contribution is 0.0766. The van der Waals surface area contributed by atoms with Crippen molar-refractivity contribution in [3.05, 3.63) is 76.5 Å². The van der Waals surface area contributed by atoms with Crippen LogP contribution in [0.15, 0.2) is 42.5 Å². The molecule has 0 atom stereocenters. The number of methoxy groups -OCH3 is 2. The van der Waals surface area contributed by atoms with Gasteiger partial charge in [0.2, 0.25) is 0 Å². The van der Waals surface area contributed by atoms with E-state index in [1.807, 2.05) is 24.8 Å². The third kappa shape index (κ3) is 5.70. The molecule has 4 rings (SSSR count). The minimum atomic E-state index is -0.257. The second-order valence-corrected chi connectivity index (χ2v) is 8.70. The fourth-order valence-electron chi connectivity index (χ4n) is 4.48. The zero-order chi connectivity index (χ0) is 24.9. The number of aryl methyl sites for hydroxylation is 2. The van der Waals surface area contributed by atoms with Crippen molar-refractivity contribution in [1.82, 2.24) is 14.9 Å². The summed E-state index contributed by atoms with van der Waals surface area (Å²) < 4.78 is 24.5. The normalized spacial score (nSPS) is 14.0. The molecule has 0 N–H and O–H groups in total. The van der Waals surface area contributed by atoms with E-state index in [1.54, 1.807) is 44.6 Å². The fraction of sp³-hybridized carbons (Fsp3) is 0.370. The Kier molecular flexibility index (Phi) is 7.48. The summed E-state index contributed by atoms with van der Waals surface area (Å²) in [5.41, 5.74) is 3.28. The summed E-state index contributed by atoms with van der Waals surface area (Å²) in [6, 6.07) is 11.9. The number of carbonyl (C=O) groups is 1. The predicted octanol–water partition coefficient (Wildman–Crippen LogP) is 4.19. The van der Waals surface area contributed by atoms with E-state index in [4.69, 9.17) is 14.5 Å². The smallest absolute Gasteiger partial charge is 0.254 e. The molecule has 1 aliphatic heterocycles. The zero-order valence-electron chi connectivity index (χ0n) is 20.7. The quantitative estimate of drug-likeness (QED) is 0.529. The zero-order valence-corrected chi connectivity index (χ0v) is 20.7. The van der Waals surface area contributed by atoms with Crippen LogP contribution in [0.5, 0.6) is 11.5 Å². The Bertz CT molecular complexity index is 1190. The maximum Gasteiger partial charge on any atom is 0.254 e. The van der Waals surface area contributed by atoms with Gasteiger partial charge < -0.3 is 19.3 Å². The number of anilines is 1. The Hall–Kier alpha value is -3.68. The van der Waals surface area contributed by atoms with Crippen molar-refractivity contribution in [3.8, 4) is 11.5 Å². The lowest BCUT2D eigenvalue weighted by atomic mass is 10.0. The fourth-order valence-corrected chi connectivity index (χ4v) is 4.48. The molecule has 0 unspecified atom stereocenters. The van der Waals surface area contributed by atoms with Gasteiger partial charge in [0, 0.05) is 55.5 Å². The Morgan fingerprint density at radius 3 is 2.40 bits per heavy atom. The van der Waals surface area contributed by atoms with Crippen LogP contribution in [0.4, 0.5) is 10.2 Å². The molecular weight excluding hydrogens is 447 g/mol. The summed E-state index contributed by atoms with van der Waals surface area (Å²) in [7, 11) is 3.14. The van der Waals surface area contributed by atoms with Crippen LogP contribution in [0.2, 0.25) is 0 Å². The average molecular weight is 479 g/mol. The first kappa shape index (κ1) is 24.4. The van der Waals surface area contributed by atoms with Gasteiger partial charge in [-0.15, -0.1) is 0 Å². The summed E-state index contributed by atoms with van der Waals surface area (Å²) in [6.45, 7) is 6.44. The van der Waals surface area contributed by atoms with Crippen molar-refractivity contribution >= 4 is 11.7 Å². The van der Waals surface area contributed by atoms with E-state index in [2.05, 4.69) is 9.88 Å². The third-order valence-electron chi connectivity index (χ3n) is 6.25. The minimum absolute atomic E-state index is 0.0564. The van der Waals surface area contributed by atoms with Crippen LogP contribution >= 0.6 is 0 Å². The first-order chi connectivity index (χ1) is 16.9. The van der Waals surface area contributed by atoms with E-state index in [1.165, 1.54) is 6.07 Å². The summed E-state index contributed by atoms with van der Waals surface area (Å²) in [6.07, 6.45) is 1.34. The van der Waals surface area contributed by atoms with E-state index >= 15 is 0 Å². The molecule has 0 radical (unpaired) electrons. The Morgan fingerprint density at radius 2 is 1.71 bits per heavy atom. The number of ether oxygens (including phenoxy) is 2. The molecule has 1 amide bonds. The van der Waals surface area contributed by atoms with Gasteiger partial charge in [0.25, 0.3) is 5.91 Å². The van der Waals surface area contributed by atoms with Crippen molar-refractivity contribution in [2.45, 2.75) is 26.7 Å². The van der Waals surface area contributed by atoms with Crippen LogP contribution < -0.4 is 14.4 Å². The van der Waals surface area contributed by atoms with Gasteiger partial charge in [-0.3, -0.25) is 4.79 Å². The molecule has 0 saturated carbocycles. The standard InChI is InChI=1S/C27H31FN4O3/c1-18-25(14-20-7-5-8-22(28)13-20)26(30-19(2)29-18)31-9-6-10-32(12-11-31)27(33)21-15-23(34-3)17-24(16-21)35-4/h5,7-8,13,15-17H,6,9-12,14H2,1-4H3. The number of halogens is 1. The van der Waals surface area contributed by atoms with Crippen LogP contribution in [0.25, 0.3) is 0 Å². The number of hydrogen-bond donors (Lipinski definition) is 0. The molecule has 3 aromatic rings. The van der Waals surface area contributed by atoms with Gasteiger partial charge in [0.05, 0.1) is 14.2 Å². The largest absolute Gasteiger partial charge is 0.497 e. The highest BCUT2D eigenvalue weighted by atomic mass is 19.1. The molecule has 2 aromatic carbocycles. The molecule has 35 heavy (non-hydrogen) atoms. The lowest BCUT2D eigenvalue weighted by Crippen LogP contribution is -2.35. The lowest BCUT2D eigenvalue weighted by Gasteiger charge is -2.26. The van der Waals surface area contributed by atoms with E-state index in [0.717, 1.165) is 35.6 Å². The third-order valence-corrected chi connectivity index (χ3v) is 6.25. The highest BCUT2D eigenvalue weighted by Crippen LogP contribution is 2.27. The van der Waals surface area contributed by atoms with Gasteiger partial charge in [0.1, 0.15) is 29.0 Å². The number of nitrogens with zero attached hydrogens (tertiary/aromatic N) is 4. The van der Waals surface area contributed by atoms with Crippen LogP contribution in [0, 0.1) is 19.7 Å². The van der Waals surface area contributed by atoms with Gasteiger partial charge in [-0.05, 0) is 50.1 Å². The summed E-state index contributed by atoms with van der Waals surface area (Å²) in [4.78, 5) is 26.7. The van der Waals surface area contributed by atoms with E-state index in [0.29, 0.717) is 48.9 Å². The van der Waals surface area contributed by atoms with Gasteiger partial charge >= 0.3 is 0 Å². The van der Waals surface area contributed by atoms with Crippen molar-refractivity contribution in [3.63, 3.8) is 0 Å². The molecular formula is C27H31FN4O3. The monoisotopic (exact) mass is 478 g/mol. The van der Waals surface area contributed by atoms with Gasteiger partial charge in [0.15, 0.2) is 0 Å². The van der Waals surface area contributed by atoms with Crippen molar-refractivity contribution in [1.29, 1.82) is 0 Å². The maximum atomic E-state index is 13.8. The summed E-state index contributed by atoms with van der Waals surface area (Å²) >= 11 is 0. The Morgan fingerprint density at radius 1 is 0.971 bits per heavy atom. The van der Waals surface area contributed by atoms with Crippen LogP contribution in [0.3, 0.4) is 0 Å². The molecule has 1 saturated heterocycles. The van der Waals surface area contributed by atoms with E-state index in [-0.39, 0.29) is 11.7 Å². The Labute approximate surface area is 205 Å². The molecule has 2 heterocycles. The van der Waals surface area contributed by atoms with E-state index in [9.17, 15) is 9.18 Å². The molecule has 7 nitrogen and oxygen atoms in total. The average Bonchev–Trinajstić information content (AvgIpc) is 3.11. The molecule has 1 aromatic heterocycles. The highest BCUT2D eigenvalue weighted by Gasteiger charge is 2.24.